The van der Waals surface area contributed by atoms with Crippen LogP contribution in [0.5, 0.6) is 0 Å². The summed E-state index contributed by atoms with van der Waals surface area (Å²) in [5, 5.41) is 13.2. The van der Waals surface area contributed by atoms with Crippen LogP contribution in [-0.4, -0.2) is 23.2 Å². The van der Waals surface area contributed by atoms with Gasteiger partial charge in [-0.05, 0) is 43.1 Å². The summed E-state index contributed by atoms with van der Waals surface area (Å²) in [5.74, 6) is 0. The molecule has 0 saturated heterocycles. The maximum Gasteiger partial charge on any atom is 0.0702 e. The summed E-state index contributed by atoms with van der Waals surface area (Å²) < 4.78 is 0. The lowest BCUT2D eigenvalue weighted by atomic mass is 10.1. The molecule has 0 saturated carbocycles. The normalized spacial score (nSPS) is 10.9. The Kier molecular flexibility index (Phi) is 4.47. The van der Waals surface area contributed by atoms with Crippen molar-refractivity contribution < 1.29 is 5.11 Å². The van der Waals surface area contributed by atoms with E-state index in [2.05, 4.69) is 34.6 Å². The molecule has 0 bridgehead atoms. The van der Waals surface area contributed by atoms with Gasteiger partial charge in [-0.2, -0.15) is 0 Å². The van der Waals surface area contributed by atoms with Crippen LogP contribution in [0.25, 0.3) is 10.9 Å². The fraction of sp³-hybridized carbons (Fsp3) is 0.357. The molecule has 1 aromatic carbocycles. The van der Waals surface area contributed by atoms with Crippen LogP contribution in [0.2, 0.25) is 0 Å². The van der Waals surface area contributed by atoms with Crippen molar-refractivity contribution in [2.45, 2.75) is 19.4 Å². The van der Waals surface area contributed by atoms with Gasteiger partial charge in [-0.25, -0.2) is 0 Å². The van der Waals surface area contributed by atoms with Crippen molar-refractivity contribution in [3.8, 4) is 0 Å². The molecule has 0 unspecified atom stereocenters. The summed E-state index contributed by atoms with van der Waals surface area (Å²) in [6.45, 7) is 2.10. The highest BCUT2D eigenvalue weighted by atomic mass is 16.2. The lowest BCUT2D eigenvalue weighted by Gasteiger charge is -2.05. The fourth-order valence-electron chi connectivity index (χ4n) is 1.83. The number of fused-ring (bicyclic) bond motifs is 1. The number of nitrogens with zero attached hydrogens (tertiary/aromatic N) is 1. The van der Waals surface area contributed by atoms with E-state index in [1.807, 2.05) is 12.3 Å². The van der Waals surface area contributed by atoms with Crippen molar-refractivity contribution in [1.82, 2.24) is 10.3 Å². The maximum absolute atomic E-state index is 8.67. The van der Waals surface area contributed by atoms with Crippen molar-refractivity contribution in [2.75, 3.05) is 13.2 Å². The van der Waals surface area contributed by atoms with Gasteiger partial charge in [-0.15, -0.1) is 0 Å². The molecule has 0 spiro atoms. The van der Waals surface area contributed by atoms with E-state index in [0.717, 1.165) is 31.4 Å². The topological polar surface area (TPSA) is 45.1 Å². The molecular formula is C14H18N2O. The van der Waals surface area contributed by atoms with Crippen LogP contribution in [0, 0.1) is 0 Å². The van der Waals surface area contributed by atoms with Gasteiger partial charge in [0, 0.05) is 24.7 Å². The number of aliphatic hydroxyl groups excluding tert-OH is 1. The Hall–Kier alpha value is -1.45. The monoisotopic (exact) mass is 230 g/mol. The van der Waals surface area contributed by atoms with Crippen molar-refractivity contribution in [3.05, 3.63) is 42.1 Å². The van der Waals surface area contributed by atoms with Crippen LogP contribution in [-0.2, 0) is 6.54 Å². The molecule has 0 aliphatic heterocycles. The zero-order valence-corrected chi connectivity index (χ0v) is 9.89. The number of aromatic nitrogens is 1. The molecule has 2 aromatic rings. The Morgan fingerprint density at radius 3 is 3.00 bits per heavy atom. The number of hydrogen-bond donors (Lipinski definition) is 2. The fourth-order valence-corrected chi connectivity index (χ4v) is 1.83. The summed E-state index contributed by atoms with van der Waals surface area (Å²) in [7, 11) is 0. The van der Waals surface area contributed by atoms with Gasteiger partial charge in [0.05, 0.1) is 5.52 Å². The molecule has 2 rings (SSSR count). The lowest BCUT2D eigenvalue weighted by Crippen LogP contribution is -2.14. The highest BCUT2D eigenvalue weighted by Gasteiger charge is 1.96. The van der Waals surface area contributed by atoms with Crippen LogP contribution < -0.4 is 5.32 Å². The summed E-state index contributed by atoms with van der Waals surface area (Å²) in [6.07, 6.45) is 3.70. The first-order valence-electron chi connectivity index (χ1n) is 6.05. The van der Waals surface area contributed by atoms with E-state index in [0.29, 0.717) is 0 Å². The predicted molar refractivity (Wildman–Crippen MR) is 69.8 cm³/mol. The lowest BCUT2D eigenvalue weighted by molar-refractivity contribution is 0.283. The smallest absolute Gasteiger partial charge is 0.0702 e. The van der Waals surface area contributed by atoms with E-state index < -0.39 is 0 Å². The minimum atomic E-state index is 0.281. The van der Waals surface area contributed by atoms with E-state index in [-0.39, 0.29) is 6.61 Å². The second kappa shape index (κ2) is 6.33. The van der Waals surface area contributed by atoms with Crippen molar-refractivity contribution in [3.63, 3.8) is 0 Å². The zero-order chi connectivity index (χ0) is 11.9. The zero-order valence-electron chi connectivity index (χ0n) is 9.89. The van der Waals surface area contributed by atoms with Crippen LogP contribution in [0.1, 0.15) is 18.4 Å². The molecule has 90 valence electrons. The SMILES string of the molecule is OCCCCNCc1ccc2ncccc2c1. The number of hydrogen-bond acceptors (Lipinski definition) is 3. The molecule has 1 heterocycles. The third-order valence-electron chi connectivity index (χ3n) is 2.76. The van der Waals surface area contributed by atoms with Gasteiger partial charge in [0.2, 0.25) is 0 Å². The van der Waals surface area contributed by atoms with Crippen molar-refractivity contribution in [1.29, 1.82) is 0 Å². The molecule has 0 radical (unpaired) electrons. The van der Waals surface area contributed by atoms with Gasteiger partial charge in [0.25, 0.3) is 0 Å². The molecular weight excluding hydrogens is 212 g/mol. The molecule has 0 aliphatic rings. The first kappa shape index (κ1) is 12.0. The van der Waals surface area contributed by atoms with E-state index in [4.69, 9.17) is 5.11 Å². The quantitative estimate of drug-likeness (QED) is 0.747. The Bertz CT molecular complexity index is 470. The largest absolute Gasteiger partial charge is 0.396 e. The predicted octanol–water partition coefficient (Wildman–Crippen LogP) is 2.10. The Labute approximate surface area is 102 Å². The summed E-state index contributed by atoms with van der Waals surface area (Å²) in [4.78, 5) is 4.29. The number of nitrogens with one attached hydrogen (secondary N) is 1. The first-order valence-corrected chi connectivity index (χ1v) is 6.05. The van der Waals surface area contributed by atoms with Gasteiger partial charge in [0.15, 0.2) is 0 Å². The van der Waals surface area contributed by atoms with Gasteiger partial charge in [-0.1, -0.05) is 12.1 Å². The number of aliphatic hydroxyl groups is 1. The second-order valence-electron chi connectivity index (χ2n) is 4.14. The van der Waals surface area contributed by atoms with Gasteiger partial charge in [-0.3, -0.25) is 4.98 Å². The van der Waals surface area contributed by atoms with E-state index in [1.165, 1.54) is 10.9 Å². The van der Waals surface area contributed by atoms with Crippen molar-refractivity contribution in [2.24, 2.45) is 0 Å². The summed E-state index contributed by atoms with van der Waals surface area (Å²) in [6, 6.07) is 10.4. The summed E-state index contributed by atoms with van der Waals surface area (Å²) >= 11 is 0. The molecule has 1 aromatic heterocycles. The molecule has 0 aliphatic carbocycles. The molecule has 17 heavy (non-hydrogen) atoms. The molecule has 3 heteroatoms. The minimum absolute atomic E-state index is 0.281. The minimum Gasteiger partial charge on any atom is -0.396 e. The van der Waals surface area contributed by atoms with Crippen LogP contribution >= 0.6 is 0 Å². The third kappa shape index (κ3) is 3.51. The molecule has 0 amide bonds. The van der Waals surface area contributed by atoms with Crippen LogP contribution in [0.15, 0.2) is 36.5 Å². The maximum atomic E-state index is 8.67. The van der Waals surface area contributed by atoms with Gasteiger partial charge >= 0.3 is 0 Å². The molecule has 0 fully saturated rings. The van der Waals surface area contributed by atoms with Gasteiger partial charge in [0.1, 0.15) is 0 Å². The van der Waals surface area contributed by atoms with E-state index >= 15 is 0 Å². The number of benzene rings is 1. The first-order chi connectivity index (χ1) is 8.40. The number of unbranched alkanes of at least 4 members (excludes halogenated alkanes) is 1. The Balaban J connectivity index is 1.90. The van der Waals surface area contributed by atoms with Gasteiger partial charge < -0.3 is 10.4 Å². The molecule has 2 N–H and O–H groups in total. The summed E-state index contributed by atoms with van der Waals surface area (Å²) in [5.41, 5.74) is 2.31. The third-order valence-corrected chi connectivity index (χ3v) is 2.76. The van der Waals surface area contributed by atoms with Crippen LogP contribution in [0.4, 0.5) is 0 Å². The highest BCUT2D eigenvalue weighted by molar-refractivity contribution is 5.78. The number of rotatable bonds is 6. The van der Waals surface area contributed by atoms with Crippen molar-refractivity contribution >= 4 is 10.9 Å². The number of pyridine rings is 1. The van der Waals surface area contributed by atoms with Crippen LogP contribution in [0.3, 0.4) is 0 Å². The Morgan fingerprint density at radius 1 is 1.18 bits per heavy atom. The molecule has 0 atom stereocenters. The molecule has 3 nitrogen and oxygen atoms in total. The van der Waals surface area contributed by atoms with E-state index in [9.17, 15) is 0 Å². The average Bonchev–Trinajstić information content (AvgIpc) is 2.38. The average molecular weight is 230 g/mol. The second-order valence-corrected chi connectivity index (χ2v) is 4.14. The standard InChI is InChI=1S/C14H18N2O/c17-9-2-1-7-15-11-12-5-6-14-13(10-12)4-3-8-16-14/h3-6,8,10,15,17H,1-2,7,9,11H2. The Morgan fingerprint density at radius 2 is 2.12 bits per heavy atom. The van der Waals surface area contributed by atoms with E-state index in [1.54, 1.807) is 0 Å². The highest BCUT2D eigenvalue weighted by Crippen LogP contribution is 2.12.